The molecule has 22 heavy (non-hydrogen) atoms. The summed E-state index contributed by atoms with van der Waals surface area (Å²) >= 11 is 5.03. The third kappa shape index (κ3) is 7.35. The van der Waals surface area contributed by atoms with Crippen LogP contribution in [0, 0.1) is 0 Å². The molecular formula is C14H19F3N2O2S. The maximum atomic E-state index is 12.3. The maximum absolute atomic E-state index is 12.3. The summed E-state index contributed by atoms with van der Waals surface area (Å²) in [4.78, 5) is 15.9. The summed E-state index contributed by atoms with van der Waals surface area (Å²) in [5.74, 6) is -0.652. The van der Waals surface area contributed by atoms with Crippen LogP contribution in [0.5, 0.6) is 0 Å². The smallest absolute Gasteiger partial charge is 0.413 e. The van der Waals surface area contributed by atoms with Crippen molar-refractivity contribution in [2.24, 2.45) is 4.99 Å². The zero-order chi connectivity index (χ0) is 17.3. The molecule has 0 saturated heterocycles. The van der Waals surface area contributed by atoms with Crippen molar-refractivity contribution in [2.45, 2.75) is 40.3 Å². The monoisotopic (exact) mass is 336 g/mol. The molecule has 4 nitrogen and oxygen atoms in total. The van der Waals surface area contributed by atoms with Gasteiger partial charge < -0.3 is 10.1 Å². The van der Waals surface area contributed by atoms with Gasteiger partial charge in [-0.2, -0.15) is 13.2 Å². The van der Waals surface area contributed by atoms with Crippen LogP contribution in [0.4, 0.5) is 13.2 Å². The Bertz CT molecular complexity index is 509. The van der Waals surface area contributed by atoms with Crippen molar-refractivity contribution in [2.75, 3.05) is 6.61 Å². The second kappa shape index (κ2) is 9.34. The Kier molecular flexibility index (Phi) is 8.62. The summed E-state index contributed by atoms with van der Waals surface area (Å²) < 4.78 is 41.8. The van der Waals surface area contributed by atoms with Crippen LogP contribution in [0.2, 0.25) is 0 Å². The number of esters is 1. The largest absolute Gasteiger partial charge is 0.461 e. The Hall–Kier alpha value is -1.70. The lowest BCUT2D eigenvalue weighted by Crippen LogP contribution is -2.24. The second-order valence-corrected chi connectivity index (χ2v) is 4.75. The number of rotatable bonds is 7. The number of ether oxygens (including phenoxy) is 1. The van der Waals surface area contributed by atoms with Crippen LogP contribution in [0.25, 0.3) is 0 Å². The Morgan fingerprint density at radius 3 is 2.36 bits per heavy atom. The van der Waals surface area contributed by atoms with Gasteiger partial charge in [0.1, 0.15) is 0 Å². The number of alkyl halides is 3. The minimum atomic E-state index is -4.39. The summed E-state index contributed by atoms with van der Waals surface area (Å²) in [6.45, 7) is 6.05. The van der Waals surface area contributed by atoms with E-state index < -0.39 is 17.7 Å². The zero-order valence-corrected chi connectivity index (χ0v) is 13.7. The fourth-order valence-electron chi connectivity index (χ4n) is 1.11. The lowest BCUT2D eigenvalue weighted by molar-refractivity contribution is -0.134. The SMILES string of the molecule is CCOC(=O)C(=NC=C(C)N/C=C(\C)C(F)(F)F)C(=S)CC. The maximum Gasteiger partial charge on any atom is 0.413 e. The first-order chi connectivity index (χ1) is 10.1. The Morgan fingerprint density at radius 1 is 1.32 bits per heavy atom. The molecule has 0 aromatic heterocycles. The summed E-state index contributed by atoms with van der Waals surface area (Å²) in [5.41, 5.74) is -0.472. The van der Waals surface area contributed by atoms with E-state index in [0.717, 1.165) is 13.1 Å². The predicted octanol–water partition coefficient (Wildman–Crippen LogP) is 3.69. The Morgan fingerprint density at radius 2 is 1.91 bits per heavy atom. The number of carbonyl (C=O) groups is 1. The molecule has 0 aromatic carbocycles. The lowest BCUT2D eigenvalue weighted by atomic mass is 10.2. The molecule has 0 aliphatic carbocycles. The Labute approximate surface area is 133 Å². The third-order valence-corrected chi connectivity index (χ3v) is 2.89. The van der Waals surface area contributed by atoms with E-state index >= 15 is 0 Å². The van der Waals surface area contributed by atoms with E-state index in [0.29, 0.717) is 17.0 Å². The lowest BCUT2D eigenvalue weighted by Gasteiger charge is -2.08. The molecule has 0 bridgehead atoms. The first-order valence-corrected chi connectivity index (χ1v) is 6.99. The molecule has 0 atom stereocenters. The van der Waals surface area contributed by atoms with Crippen molar-refractivity contribution in [1.29, 1.82) is 0 Å². The average molecular weight is 336 g/mol. The molecule has 0 aromatic rings. The van der Waals surface area contributed by atoms with E-state index in [9.17, 15) is 18.0 Å². The number of nitrogens with zero attached hydrogens (tertiary/aromatic N) is 1. The van der Waals surface area contributed by atoms with E-state index in [-0.39, 0.29) is 12.3 Å². The van der Waals surface area contributed by atoms with E-state index in [4.69, 9.17) is 17.0 Å². The van der Waals surface area contributed by atoms with Gasteiger partial charge in [0.05, 0.1) is 6.61 Å². The van der Waals surface area contributed by atoms with E-state index in [2.05, 4.69) is 10.3 Å². The number of nitrogens with one attached hydrogen (secondary N) is 1. The first-order valence-electron chi connectivity index (χ1n) is 6.58. The molecule has 0 fully saturated rings. The number of hydrogen-bond acceptors (Lipinski definition) is 5. The van der Waals surface area contributed by atoms with Gasteiger partial charge in [-0.1, -0.05) is 19.1 Å². The molecule has 0 unspecified atom stereocenters. The highest BCUT2D eigenvalue weighted by Crippen LogP contribution is 2.24. The normalized spacial score (nSPS) is 13.9. The van der Waals surface area contributed by atoms with Gasteiger partial charge in [-0.25, -0.2) is 9.79 Å². The standard InChI is InChI=1S/C14H19F3N2O2S/c1-5-11(22)12(13(20)21-6-2)19-8-10(4)18-7-9(3)14(15,16)17/h7-8,18H,5-6H2,1-4H3/b9-7+,10-8?,19-12?. The molecule has 0 saturated carbocycles. The van der Waals surface area contributed by atoms with Crippen molar-refractivity contribution in [1.82, 2.24) is 5.32 Å². The van der Waals surface area contributed by atoms with Crippen molar-refractivity contribution < 1.29 is 22.7 Å². The molecule has 0 spiro atoms. The highest BCUT2D eigenvalue weighted by molar-refractivity contribution is 7.82. The van der Waals surface area contributed by atoms with Crippen LogP contribution in [0.3, 0.4) is 0 Å². The number of hydrogen-bond donors (Lipinski definition) is 1. The number of thiocarbonyl (C=S) groups is 1. The van der Waals surface area contributed by atoms with Crippen molar-refractivity contribution in [3.05, 3.63) is 23.7 Å². The summed E-state index contributed by atoms with van der Waals surface area (Å²) in [7, 11) is 0. The van der Waals surface area contributed by atoms with Gasteiger partial charge in [0, 0.05) is 28.5 Å². The minimum absolute atomic E-state index is 0.0166. The summed E-state index contributed by atoms with van der Waals surface area (Å²) in [5, 5.41) is 2.45. The van der Waals surface area contributed by atoms with E-state index in [1.54, 1.807) is 13.8 Å². The predicted molar refractivity (Wildman–Crippen MR) is 83.7 cm³/mol. The number of allylic oxidation sites excluding steroid dienone is 2. The van der Waals surface area contributed by atoms with Crippen LogP contribution in [0.15, 0.2) is 28.7 Å². The second-order valence-electron chi connectivity index (χ2n) is 4.26. The average Bonchev–Trinajstić information content (AvgIpc) is 2.43. The minimum Gasteiger partial charge on any atom is -0.461 e. The van der Waals surface area contributed by atoms with Crippen LogP contribution >= 0.6 is 12.2 Å². The van der Waals surface area contributed by atoms with Gasteiger partial charge in [-0.15, -0.1) is 0 Å². The van der Waals surface area contributed by atoms with Crippen LogP contribution < -0.4 is 5.32 Å². The van der Waals surface area contributed by atoms with Gasteiger partial charge in [0.2, 0.25) is 0 Å². The molecule has 0 rings (SSSR count). The zero-order valence-electron chi connectivity index (χ0n) is 12.9. The molecular weight excluding hydrogens is 317 g/mol. The van der Waals surface area contributed by atoms with Crippen molar-refractivity contribution in [3.8, 4) is 0 Å². The number of carbonyl (C=O) groups excluding carboxylic acids is 1. The van der Waals surface area contributed by atoms with Gasteiger partial charge in [-0.05, 0) is 27.2 Å². The van der Waals surface area contributed by atoms with Gasteiger partial charge in [0.15, 0.2) is 5.71 Å². The molecule has 0 aliphatic rings. The molecule has 124 valence electrons. The molecule has 1 N–H and O–H groups in total. The fourth-order valence-corrected chi connectivity index (χ4v) is 1.24. The molecule has 0 amide bonds. The van der Waals surface area contributed by atoms with Gasteiger partial charge in [0.25, 0.3) is 0 Å². The van der Waals surface area contributed by atoms with Crippen molar-refractivity contribution in [3.63, 3.8) is 0 Å². The quantitative estimate of drug-likeness (QED) is 0.438. The van der Waals surface area contributed by atoms with Crippen LogP contribution in [-0.2, 0) is 9.53 Å². The van der Waals surface area contributed by atoms with E-state index in [1.165, 1.54) is 13.1 Å². The highest BCUT2D eigenvalue weighted by atomic mass is 32.1. The number of aliphatic imine (C=N–C) groups is 1. The summed E-state index contributed by atoms with van der Waals surface area (Å²) in [6.07, 6.45) is -1.91. The molecule has 0 aliphatic heterocycles. The third-order valence-electron chi connectivity index (χ3n) is 2.40. The number of halogens is 3. The fraction of sp³-hybridized carbons (Fsp3) is 0.500. The van der Waals surface area contributed by atoms with Crippen LogP contribution in [0.1, 0.15) is 34.1 Å². The molecule has 0 radical (unpaired) electrons. The topological polar surface area (TPSA) is 50.7 Å². The molecule has 8 heteroatoms. The van der Waals surface area contributed by atoms with Crippen LogP contribution in [-0.4, -0.2) is 29.3 Å². The first kappa shape index (κ1) is 20.3. The summed E-state index contributed by atoms with van der Waals surface area (Å²) in [6, 6.07) is 0. The molecule has 0 heterocycles. The van der Waals surface area contributed by atoms with Crippen molar-refractivity contribution >= 4 is 28.8 Å². The highest BCUT2D eigenvalue weighted by Gasteiger charge is 2.29. The van der Waals surface area contributed by atoms with E-state index in [1.807, 2.05) is 0 Å². The Balaban J connectivity index is 5.12. The van der Waals surface area contributed by atoms with Gasteiger partial charge >= 0.3 is 12.1 Å². The van der Waals surface area contributed by atoms with Gasteiger partial charge in [-0.3, -0.25) is 0 Å².